The first-order valence-electron chi connectivity index (χ1n) is 12.3. The molecule has 0 saturated heterocycles. The number of aromatic nitrogens is 3. The minimum absolute atomic E-state index is 0.0302. The van der Waals surface area contributed by atoms with Crippen LogP contribution in [0, 0.1) is 0 Å². The van der Waals surface area contributed by atoms with E-state index in [0.717, 1.165) is 5.56 Å². The third kappa shape index (κ3) is 8.33. The maximum atomic E-state index is 12.8. The number of carbonyl (C=O) groups is 3. The number of ether oxygens (including phenoxy) is 1. The van der Waals surface area contributed by atoms with E-state index < -0.39 is 54.8 Å². The highest BCUT2D eigenvalue weighted by Crippen LogP contribution is 2.48. The molecule has 17 heteroatoms. The van der Waals surface area contributed by atoms with Crippen LogP contribution in [0.5, 0.6) is 6.01 Å². The summed E-state index contributed by atoms with van der Waals surface area (Å²) in [5.41, 5.74) is 5.71. The highest BCUT2D eigenvalue weighted by Gasteiger charge is 2.45. The summed E-state index contributed by atoms with van der Waals surface area (Å²) < 4.78 is 43.2. The Balaban J connectivity index is 1.50. The summed E-state index contributed by atoms with van der Waals surface area (Å²) in [6, 6.07) is 9.75. The molecule has 1 aliphatic carbocycles. The number of alkyl halides is 3. The number of carboxylic acid groups (broad SMARTS) is 1. The molecule has 1 aromatic heterocycles. The van der Waals surface area contributed by atoms with Crippen LogP contribution in [0.3, 0.4) is 0 Å². The van der Waals surface area contributed by atoms with Crippen molar-refractivity contribution in [2.75, 3.05) is 23.8 Å². The Bertz CT molecular complexity index is 1450. The van der Waals surface area contributed by atoms with Crippen LogP contribution in [-0.4, -0.2) is 63.3 Å². The molecule has 42 heavy (non-hydrogen) atoms. The summed E-state index contributed by atoms with van der Waals surface area (Å²) in [7, 11) is 0. The van der Waals surface area contributed by atoms with Gasteiger partial charge in [0.2, 0.25) is 11.9 Å². The van der Waals surface area contributed by atoms with Gasteiger partial charge in [0.25, 0.3) is 5.91 Å². The van der Waals surface area contributed by atoms with E-state index in [-0.39, 0.29) is 17.5 Å². The number of hydrogen-bond acceptors (Lipinski definition) is 9. The lowest BCUT2D eigenvalue weighted by Gasteiger charge is -2.19. The average molecular weight is 609 g/mol. The number of anilines is 3. The molecule has 0 unspecified atom stereocenters. The monoisotopic (exact) mass is 608 g/mol. The van der Waals surface area contributed by atoms with E-state index in [1.165, 1.54) is 24.3 Å². The Morgan fingerprint density at radius 1 is 1.02 bits per heavy atom. The maximum absolute atomic E-state index is 12.8. The van der Waals surface area contributed by atoms with E-state index in [2.05, 4.69) is 36.2 Å². The van der Waals surface area contributed by atoms with Crippen LogP contribution in [0.2, 0.25) is 5.02 Å². The molecule has 0 radical (unpaired) electrons. The Hall–Kier alpha value is -4.86. The van der Waals surface area contributed by atoms with Crippen molar-refractivity contribution in [3.05, 3.63) is 64.7 Å². The van der Waals surface area contributed by atoms with Crippen LogP contribution in [0.15, 0.2) is 48.5 Å². The predicted octanol–water partition coefficient (Wildman–Crippen LogP) is 3.16. The summed E-state index contributed by atoms with van der Waals surface area (Å²) in [5.74, 6) is -2.30. The molecule has 0 spiro atoms. The third-order valence-corrected chi connectivity index (χ3v) is 6.22. The summed E-state index contributed by atoms with van der Waals surface area (Å²) in [6.07, 6.45) is -3.19. The summed E-state index contributed by atoms with van der Waals surface area (Å²) in [6.45, 7) is -2.04. The molecule has 2 aromatic carbocycles. The molecular formula is C25H24ClF3N8O5. The molecule has 1 heterocycles. The van der Waals surface area contributed by atoms with Gasteiger partial charge < -0.3 is 36.8 Å². The molecule has 0 bridgehead atoms. The van der Waals surface area contributed by atoms with Gasteiger partial charge >= 0.3 is 24.2 Å². The van der Waals surface area contributed by atoms with E-state index >= 15 is 0 Å². The van der Waals surface area contributed by atoms with Crippen LogP contribution in [0.25, 0.3) is 0 Å². The van der Waals surface area contributed by atoms with Gasteiger partial charge in [-0.2, -0.15) is 28.1 Å². The zero-order chi connectivity index (χ0) is 30.5. The van der Waals surface area contributed by atoms with Gasteiger partial charge in [-0.15, -0.1) is 0 Å². The second kappa shape index (κ2) is 12.3. The normalized spacial score (nSPS) is 14.3. The van der Waals surface area contributed by atoms with Crippen molar-refractivity contribution < 1.29 is 37.4 Å². The fraction of sp³-hybridized carbons (Fsp3) is 0.280. The van der Waals surface area contributed by atoms with Gasteiger partial charge in [-0.25, -0.2) is 9.59 Å². The molecule has 222 valence electrons. The second-order valence-electron chi connectivity index (χ2n) is 9.19. The fourth-order valence-corrected chi connectivity index (χ4v) is 3.88. The number of aliphatic carboxylic acids is 1. The first kappa shape index (κ1) is 30.1. The molecule has 4 rings (SSSR count). The van der Waals surface area contributed by atoms with E-state index in [0.29, 0.717) is 23.6 Å². The number of rotatable bonds is 12. The van der Waals surface area contributed by atoms with Gasteiger partial charge in [-0.1, -0.05) is 23.7 Å². The molecule has 0 aliphatic heterocycles. The number of benzene rings is 2. The number of nitrogens with two attached hydrogens (primary N) is 1. The van der Waals surface area contributed by atoms with Crippen molar-refractivity contribution in [3.8, 4) is 6.01 Å². The van der Waals surface area contributed by atoms with Crippen molar-refractivity contribution in [1.29, 1.82) is 0 Å². The van der Waals surface area contributed by atoms with Crippen molar-refractivity contribution in [2.45, 2.75) is 30.6 Å². The first-order valence-corrected chi connectivity index (χ1v) is 12.6. The van der Waals surface area contributed by atoms with Crippen molar-refractivity contribution >= 4 is 47.1 Å². The van der Waals surface area contributed by atoms with Gasteiger partial charge in [-0.05, 0) is 54.8 Å². The summed E-state index contributed by atoms with van der Waals surface area (Å²) in [4.78, 5) is 46.9. The molecular weight excluding hydrogens is 585 g/mol. The van der Waals surface area contributed by atoms with Crippen molar-refractivity contribution in [2.24, 2.45) is 5.73 Å². The average Bonchev–Trinajstić information content (AvgIpc) is 3.70. The molecule has 3 aromatic rings. The molecule has 13 nitrogen and oxygen atoms in total. The zero-order valence-corrected chi connectivity index (χ0v) is 22.3. The van der Waals surface area contributed by atoms with Gasteiger partial charge in [0.1, 0.15) is 6.04 Å². The predicted molar refractivity (Wildman–Crippen MR) is 144 cm³/mol. The standard InChI is InChI=1S/C25H24ClF3N8O5/c26-15-5-3-14(4-6-15)24(9-10-24)37-22-34-21(35-23(36-22)42-12-25(27,28)29)32-16-7-1-13(2-8-16)18(38)33-17(19(39)40)11-31-20(30)41/h1-8,17H,9-12H2,(H,33,38)(H,39,40)(H3,30,31,41)(H2,32,34,35,36,37)/t17-/m0/s1. The van der Waals surface area contributed by atoms with Gasteiger partial charge in [-0.3, -0.25) is 4.79 Å². The molecule has 3 amide bonds. The Kier molecular flexibility index (Phi) is 8.84. The Morgan fingerprint density at radius 2 is 1.67 bits per heavy atom. The number of hydrogen-bond donors (Lipinski definition) is 6. The number of primary amides is 1. The first-order chi connectivity index (χ1) is 19.8. The van der Waals surface area contributed by atoms with Crippen LogP contribution in [0.4, 0.5) is 35.5 Å². The van der Waals surface area contributed by atoms with Crippen LogP contribution in [0.1, 0.15) is 28.8 Å². The number of nitrogens with one attached hydrogen (secondary N) is 4. The molecule has 1 atom stereocenters. The highest BCUT2D eigenvalue weighted by molar-refractivity contribution is 6.30. The Labute approximate surface area is 241 Å². The number of amides is 3. The lowest BCUT2D eigenvalue weighted by molar-refractivity contribution is -0.154. The SMILES string of the molecule is NC(=O)NC[C@H](NC(=O)c1ccc(Nc2nc(NC3(c4ccc(Cl)cc4)CC3)nc(OCC(F)(F)F)n2)cc1)C(=O)O. The lowest BCUT2D eigenvalue weighted by atomic mass is 10.1. The van der Waals surface area contributed by atoms with Crippen LogP contribution >= 0.6 is 11.6 Å². The van der Waals surface area contributed by atoms with E-state index in [1.54, 1.807) is 12.1 Å². The molecule has 7 N–H and O–H groups in total. The number of halogens is 4. The molecule has 1 fully saturated rings. The highest BCUT2D eigenvalue weighted by atomic mass is 35.5. The van der Waals surface area contributed by atoms with E-state index in [1.807, 2.05) is 12.1 Å². The number of carbonyl (C=O) groups excluding carboxylic acids is 2. The quantitative estimate of drug-likeness (QED) is 0.178. The van der Waals surface area contributed by atoms with E-state index in [9.17, 15) is 32.7 Å². The van der Waals surface area contributed by atoms with Crippen LogP contribution in [-0.2, 0) is 10.3 Å². The smallest absolute Gasteiger partial charge is 0.422 e. The van der Waals surface area contributed by atoms with Gasteiger partial charge in [0.15, 0.2) is 6.61 Å². The maximum Gasteiger partial charge on any atom is 0.422 e. The summed E-state index contributed by atoms with van der Waals surface area (Å²) >= 11 is 5.98. The second-order valence-corrected chi connectivity index (χ2v) is 9.63. The van der Waals surface area contributed by atoms with Crippen LogP contribution < -0.4 is 31.7 Å². The minimum Gasteiger partial charge on any atom is -0.480 e. The lowest BCUT2D eigenvalue weighted by Crippen LogP contribution is -2.49. The van der Waals surface area contributed by atoms with Gasteiger partial charge in [0, 0.05) is 16.3 Å². The number of nitrogens with zero attached hydrogens (tertiary/aromatic N) is 3. The third-order valence-electron chi connectivity index (χ3n) is 5.96. The van der Waals surface area contributed by atoms with Crippen molar-refractivity contribution in [1.82, 2.24) is 25.6 Å². The topological polar surface area (TPSA) is 193 Å². The number of carboxylic acids is 1. The molecule has 1 aliphatic rings. The largest absolute Gasteiger partial charge is 0.480 e. The fourth-order valence-electron chi connectivity index (χ4n) is 3.75. The Morgan fingerprint density at radius 3 is 2.24 bits per heavy atom. The van der Waals surface area contributed by atoms with E-state index in [4.69, 9.17) is 22.1 Å². The zero-order valence-electron chi connectivity index (χ0n) is 21.5. The van der Waals surface area contributed by atoms with Crippen molar-refractivity contribution in [3.63, 3.8) is 0 Å². The number of urea groups is 1. The van der Waals surface area contributed by atoms with Gasteiger partial charge in [0.05, 0.1) is 12.1 Å². The molecule has 1 saturated carbocycles. The minimum atomic E-state index is -4.62. The summed E-state index contributed by atoms with van der Waals surface area (Å²) in [5, 5.41) is 20.1.